The molecule has 0 spiro atoms. The lowest BCUT2D eigenvalue weighted by molar-refractivity contribution is 0.102. The molecule has 6 nitrogen and oxygen atoms in total. The summed E-state index contributed by atoms with van der Waals surface area (Å²) < 4.78 is 5.22. The van der Waals surface area contributed by atoms with Gasteiger partial charge in [-0.2, -0.15) is 0 Å². The Balaban J connectivity index is 1.69. The Labute approximate surface area is 162 Å². The molecular formula is C20H19ClN4O2. The van der Waals surface area contributed by atoms with Gasteiger partial charge in [0.15, 0.2) is 0 Å². The van der Waals surface area contributed by atoms with Crippen molar-refractivity contribution >= 4 is 34.8 Å². The van der Waals surface area contributed by atoms with E-state index in [1.165, 1.54) is 25.1 Å². The molecular weight excluding hydrogens is 364 g/mol. The molecule has 0 aliphatic heterocycles. The normalized spacial score (nSPS) is 10.3. The topological polar surface area (TPSA) is 76.1 Å². The highest BCUT2D eigenvalue weighted by atomic mass is 35.5. The molecule has 138 valence electrons. The highest BCUT2D eigenvalue weighted by Crippen LogP contribution is 2.28. The summed E-state index contributed by atoms with van der Waals surface area (Å²) in [5, 5.41) is 6.35. The fourth-order valence-electron chi connectivity index (χ4n) is 2.44. The first-order valence-corrected chi connectivity index (χ1v) is 8.79. The number of carbonyl (C=O) groups is 1. The van der Waals surface area contributed by atoms with Crippen LogP contribution in [0.3, 0.4) is 0 Å². The molecule has 2 aromatic carbocycles. The van der Waals surface area contributed by atoms with Crippen molar-refractivity contribution < 1.29 is 9.53 Å². The molecule has 0 atom stereocenters. The zero-order chi connectivity index (χ0) is 19.2. The molecule has 1 heterocycles. The fourth-order valence-corrected chi connectivity index (χ4v) is 2.61. The number of hydrogen-bond acceptors (Lipinski definition) is 5. The molecule has 0 aliphatic rings. The van der Waals surface area contributed by atoms with E-state index in [-0.39, 0.29) is 5.91 Å². The van der Waals surface area contributed by atoms with Crippen molar-refractivity contribution in [2.24, 2.45) is 0 Å². The second kappa shape index (κ2) is 8.51. The fraction of sp³-hybridized carbons (Fsp3) is 0.150. The van der Waals surface area contributed by atoms with Crippen LogP contribution >= 0.6 is 11.6 Å². The lowest BCUT2D eigenvalue weighted by Crippen LogP contribution is -2.13. The Morgan fingerprint density at radius 1 is 1.11 bits per heavy atom. The Morgan fingerprint density at radius 3 is 2.44 bits per heavy atom. The van der Waals surface area contributed by atoms with Gasteiger partial charge in [-0.05, 0) is 42.3 Å². The number of hydrogen-bond donors (Lipinski definition) is 2. The number of nitrogens with zero attached hydrogens (tertiary/aromatic N) is 2. The number of rotatable bonds is 6. The van der Waals surface area contributed by atoms with E-state index in [1.54, 1.807) is 18.2 Å². The number of halogens is 1. The summed E-state index contributed by atoms with van der Waals surface area (Å²) in [4.78, 5) is 20.8. The molecule has 3 rings (SSSR count). The zero-order valence-corrected chi connectivity index (χ0v) is 15.7. The molecule has 0 saturated carbocycles. The van der Waals surface area contributed by atoms with E-state index in [1.807, 2.05) is 24.3 Å². The maximum Gasteiger partial charge on any atom is 0.258 e. The predicted molar refractivity (Wildman–Crippen MR) is 107 cm³/mol. The Morgan fingerprint density at radius 2 is 1.81 bits per heavy atom. The minimum atomic E-state index is -0.352. The van der Waals surface area contributed by atoms with Gasteiger partial charge in [0.05, 0.1) is 18.4 Å². The van der Waals surface area contributed by atoms with E-state index in [4.69, 9.17) is 16.3 Å². The molecule has 7 heteroatoms. The van der Waals surface area contributed by atoms with Gasteiger partial charge in [0.25, 0.3) is 5.91 Å². The summed E-state index contributed by atoms with van der Waals surface area (Å²) in [7, 11) is 1.52. The van der Waals surface area contributed by atoms with Gasteiger partial charge in [0.1, 0.15) is 5.75 Å². The first kappa shape index (κ1) is 18.7. The van der Waals surface area contributed by atoms with E-state index in [2.05, 4.69) is 27.5 Å². The lowest BCUT2D eigenvalue weighted by Gasteiger charge is -2.10. The number of amides is 1. The van der Waals surface area contributed by atoms with Gasteiger partial charge in [-0.15, -0.1) is 0 Å². The first-order chi connectivity index (χ1) is 13.1. The van der Waals surface area contributed by atoms with Crippen molar-refractivity contribution in [3.63, 3.8) is 0 Å². The van der Waals surface area contributed by atoms with Crippen molar-refractivity contribution in [3.05, 3.63) is 71.0 Å². The van der Waals surface area contributed by atoms with Gasteiger partial charge < -0.3 is 15.4 Å². The van der Waals surface area contributed by atoms with E-state index in [9.17, 15) is 4.79 Å². The Bertz CT molecular complexity index is 928. The third-order valence-corrected chi connectivity index (χ3v) is 4.18. The molecule has 0 unspecified atom stereocenters. The van der Waals surface area contributed by atoms with Gasteiger partial charge >= 0.3 is 0 Å². The van der Waals surface area contributed by atoms with E-state index in [0.29, 0.717) is 28.0 Å². The molecule has 0 saturated heterocycles. The SMILES string of the molecule is CCc1ccc(Nc2ncc(C(=O)Nc3cc(Cl)ccc3OC)cn2)cc1. The monoisotopic (exact) mass is 382 g/mol. The van der Waals surface area contributed by atoms with Crippen LogP contribution in [0, 0.1) is 0 Å². The number of ether oxygens (including phenoxy) is 1. The maximum atomic E-state index is 12.4. The van der Waals surface area contributed by atoms with Crippen LogP contribution < -0.4 is 15.4 Å². The van der Waals surface area contributed by atoms with Crippen molar-refractivity contribution in [1.82, 2.24) is 9.97 Å². The summed E-state index contributed by atoms with van der Waals surface area (Å²) in [5.74, 6) is 0.577. The first-order valence-electron chi connectivity index (χ1n) is 8.42. The molecule has 0 bridgehead atoms. The highest BCUT2D eigenvalue weighted by Gasteiger charge is 2.11. The van der Waals surface area contributed by atoms with Gasteiger partial charge in [-0.25, -0.2) is 9.97 Å². The number of nitrogens with one attached hydrogen (secondary N) is 2. The lowest BCUT2D eigenvalue weighted by atomic mass is 10.1. The smallest absolute Gasteiger partial charge is 0.258 e. The average molecular weight is 383 g/mol. The second-order valence-electron chi connectivity index (χ2n) is 5.77. The molecule has 2 N–H and O–H groups in total. The minimum absolute atomic E-state index is 0.323. The Hall–Kier alpha value is -3.12. The quantitative estimate of drug-likeness (QED) is 0.646. The number of methoxy groups -OCH3 is 1. The Kier molecular flexibility index (Phi) is 5.88. The number of aromatic nitrogens is 2. The van der Waals surface area contributed by atoms with Crippen molar-refractivity contribution in [2.45, 2.75) is 13.3 Å². The van der Waals surface area contributed by atoms with Crippen LogP contribution in [-0.4, -0.2) is 23.0 Å². The average Bonchev–Trinajstić information content (AvgIpc) is 2.69. The van der Waals surface area contributed by atoms with Crippen molar-refractivity contribution in [2.75, 3.05) is 17.7 Å². The van der Waals surface area contributed by atoms with Gasteiger partial charge in [-0.3, -0.25) is 4.79 Å². The van der Waals surface area contributed by atoms with Crippen LogP contribution in [0.1, 0.15) is 22.8 Å². The number of anilines is 3. The van der Waals surface area contributed by atoms with Gasteiger partial charge in [0.2, 0.25) is 5.95 Å². The molecule has 0 aliphatic carbocycles. The van der Waals surface area contributed by atoms with E-state index < -0.39 is 0 Å². The third kappa shape index (κ3) is 4.74. The van der Waals surface area contributed by atoms with Crippen LogP contribution in [0.25, 0.3) is 0 Å². The minimum Gasteiger partial charge on any atom is -0.495 e. The van der Waals surface area contributed by atoms with Gasteiger partial charge in [0, 0.05) is 23.1 Å². The summed E-state index contributed by atoms with van der Waals surface area (Å²) >= 11 is 5.98. The molecule has 0 fully saturated rings. The van der Waals surface area contributed by atoms with Crippen LogP contribution in [0.4, 0.5) is 17.3 Å². The van der Waals surface area contributed by atoms with Crippen LogP contribution in [0.15, 0.2) is 54.9 Å². The number of carbonyl (C=O) groups excluding carboxylic acids is 1. The van der Waals surface area contributed by atoms with Crippen molar-refractivity contribution in [3.8, 4) is 5.75 Å². The molecule has 3 aromatic rings. The largest absolute Gasteiger partial charge is 0.495 e. The summed E-state index contributed by atoms with van der Waals surface area (Å²) in [6, 6.07) is 13.0. The van der Waals surface area contributed by atoms with Gasteiger partial charge in [-0.1, -0.05) is 30.7 Å². The summed E-state index contributed by atoms with van der Waals surface area (Å²) in [6.07, 6.45) is 3.90. The van der Waals surface area contributed by atoms with Crippen molar-refractivity contribution in [1.29, 1.82) is 0 Å². The highest BCUT2D eigenvalue weighted by molar-refractivity contribution is 6.31. The van der Waals surface area contributed by atoms with Crippen LogP contribution in [-0.2, 0) is 6.42 Å². The van der Waals surface area contributed by atoms with Crippen LogP contribution in [0.5, 0.6) is 5.75 Å². The summed E-state index contributed by atoms with van der Waals surface area (Å²) in [6.45, 7) is 2.11. The number of aryl methyl sites for hydroxylation is 1. The predicted octanol–water partition coefficient (Wildman–Crippen LogP) is 4.70. The maximum absolute atomic E-state index is 12.4. The molecule has 1 aromatic heterocycles. The molecule has 27 heavy (non-hydrogen) atoms. The second-order valence-corrected chi connectivity index (χ2v) is 6.21. The molecule has 1 amide bonds. The van der Waals surface area contributed by atoms with E-state index in [0.717, 1.165) is 12.1 Å². The van der Waals surface area contributed by atoms with Crippen LogP contribution in [0.2, 0.25) is 5.02 Å². The van der Waals surface area contributed by atoms with E-state index >= 15 is 0 Å². The number of benzene rings is 2. The molecule has 0 radical (unpaired) electrons. The summed E-state index contributed by atoms with van der Waals surface area (Å²) in [5.41, 5.74) is 2.94. The standard InChI is InChI=1S/C20H19ClN4O2/c1-3-13-4-7-16(8-5-13)24-20-22-11-14(12-23-20)19(26)25-17-10-15(21)6-9-18(17)27-2/h4-12H,3H2,1-2H3,(H,25,26)(H,22,23,24). The zero-order valence-electron chi connectivity index (χ0n) is 15.0. The third-order valence-electron chi connectivity index (χ3n) is 3.94.